The van der Waals surface area contributed by atoms with E-state index in [4.69, 9.17) is 11.6 Å². The molecule has 1 aromatic carbocycles. The van der Waals surface area contributed by atoms with Crippen molar-refractivity contribution in [1.82, 2.24) is 10.2 Å². The Kier molecular flexibility index (Phi) is 5.89. The molecule has 1 N–H and O–H groups in total. The second-order valence-corrected chi connectivity index (χ2v) is 7.19. The van der Waals surface area contributed by atoms with Crippen LogP contribution in [0, 0.1) is 0 Å². The standard InChI is InChI=1S/C19H19ClN2O2S/c20-16-4-1-14(2-5-16)3-6-18(23)22-10-7-17(8-11-22)21-19(24)15-9-12-25-13-15/h1-6,9,12-13,17H,7-8,10-11H2,(H,21,24). The first kappa shape index (κ1) is 17.7. The summed E-state index contributed by atoms with van der Waals surface area (Å²) in [4.78, 5) is 26.2. The lowest BCUT2D eigenvalue weighted by Crippen LogP contribution is -2.46. The van der Waals surface area contributed by atoms with Crippen LogP contribution in [-0.4, -0.2) is 35.8 Å². The van der Waals surface area contributed by atoms with E-state index in [-0.39, 0.29) is 17.9 Å². The lowest BCUT2D eigenvalue weighted by Gasteiger charge is -2.31. The molecule has 0 radical (unpaired) electrons. The lowest BCUT2D eigenvalue weighted by molar-refractivity contribution is -0.126. The zero-order valence-electron chi connectivity index (χ0n) is 13.7. The first-order valence-electron chi connectivity index (χ1n) is 8.17. The molecule has 1 saturated heterocycles. The van der Waals surface area contributed by atoms with Crippen molar-refractivity contribution in [1.29, 1.82) is 0 Å². The minimum atomic E-state index is -0.0336. The molecule has 3 rings (SSSR count). The van der Waals surface area contributed by atoms with Crippen molar-refractivity contribution in [3.8, 4) is 0 Å². The van der Waals surface area contributed by atoms with Gasteiger partial charge in [-0.1, -0.05) is 23.7 Å². The van der Waals surface area contributed by atoms with E-state index < -0.39 is 0 Å². The number of nitrogens with one attached hydrogen (secondary N) is 1. The van der Waals surface area contributed by atoms with Crippen molar-refractivity contribution >= 4 is 40.8 Å². The zero-order chi connectivity index (χ0) is 17.6. The number of rotatable bonds is 4. The van der Waals surface area contributed by atoms with E-state index >= 15 is 0 Å². The van der Waals surface area contributed by atoms with Gasteiger partial charge in [0, 0.05) is 41.2 Å². The molecule has 2 heterocycles. The molecule has 4 nitrogen and oxygen atoms in total. The minimum Gasteiger partial charge on any atom is -0.349 e. The molecule has 0 saturated carbocycles. The van der Waals surface area contributed by atoms with Crippen molar-refractivity contribution in [3.05, 3.63) is 63.3 Å². The third kappa shape index (κ3) is 4.94. The summed E-state index contributed by atoms with van der Waals surface area (Å²) in [6.07, 6.45) is 4.93. The molecule has 6 heteroatoms. The Balaban J connectivity index is 1.47. The normalized spacial score (nSPS) is 15.5. The first-order chi connectivity index (χ1) is 12.1. The number of hydrogen-bond donors (Lipinski definition) is 1. The third-order valence-electron chi connectivity index (χ3n) is 4.21. The number of benzene rings is 1. The fourth-order valence-corrected chi connectivity index (χ4v) is 3.52. The number of piperidine rings is 1. The molecule has 0 aliphatic carbocycles. The average Bonchev–Trinajstić information content (AvgIpc) is 3.16. The van der Waals surface area contributed by atoms with Crippen LogP contribution in [0.1, 0.15) is 28.8 Å². The van der Waals surface area contributed by atoms with Crippen molar-refractivity contribution in [3.63, 3.8) is 0 Å². The van der Waals surface area contributed by atoms with E-state index in [0.29, 0.717) is 23.7 Å². The summed E-state index contributed by atoms with van der Waals surface area (Å²) in [7, 11) is 0. The second-order valence-electron chi connectivity index (χ2n) is 5.97. The quantitative estimate of drug-likeness (QED) is 0.827. The Morgan fingerprint density at radius 1 is 1.16 bits per heavy atom. The Labute approximate surface area is 156 Å². The smallest absolute Gasteiger partial charge is 0.252 e. The maximum atomic E-state index is 12.3. The SMILES string of the molecule is O=C(NC1CCN(C(=O)C=Cc2ccc(Cl)cc2)CC1)c1ccsc1. The van der Waals surface area contributed by atoms with Crippen LogP contribution in [0.3, 0.4) is 0 Å². The second kappa shape index (κ2) is 8.32. The maximum Gasteiger partial charge on any atom is 0.252 e. The summed E-state index contributed by atoms with van der Waals surface area (Å²) in [6, 6.07) is 9.29. The van der Waals surface area contributed by atoms with Gasteiger partial charge in [0.2, 0.25) is 5.91 Å². The van der Waals surface area contributed by atoms with E-state index in [9.17, 15) is 9.59 Å². The highest BCUT2D eigenvalue weighted by molar-refractivity contribution is 7.08. The van der Waals surface area contributed by atoms with E-state index in [1.165, 1.54) is 11.3 Å². The molecule has 1 fully saturated rings. The molecule has 1 aliphatic heterocycles. The highest BCUT2D eigenvalue weighted by Gasteiger charge is 2.23. The van der Waals surface area contributed by atoms with Crippen LogP contribution < -0.4 is 5.32 Å². The van der Waals surface area contributed by atoms with Crippen LogP contribution in [0.5, 0.6) is 0 Å². The number of thiophene rings is 1. The number of likely N-dealkylation sites (tertiary alicyclic amines) is 1. The Morgan fingerprint density at radius 3 is 2.52 bits per heavy atom. The largest absolute Gasteiger partial charge is 0.349 e. The van der Waals surface area contributed by atoms with E-state index in [0.717, 1.165) is 18.4 Å². The Morgan fingerprint density at radius 2 is 1.88 bits per heavy atom. The summed E-state index contributed by atoms with van der Waals surface area (Å²) >= 11 is 7.36. The number of carbonyl (C=O) groups is 2. The summed E-state index contributed by atoms with van der Waals surface area (Å²) in [5.74, 6) is -0.0359. The molecule has 130 valence electrons. The molecule has 0 spiro atoms. The number of carbonyl (C=O) groups excluding carboxylic acids is 2. The molecule has 25 heavy (non-hydrogen) atoms. The number of amides is 2. The summed E-state index contributed by atoms with van der Waals surface area (Å²) in [5.41, 5.74) is 1.64. The number of hydrogen-bond acceptors (Lipinski definition) is 3. The highest BCUT2D eigenvalue weighted by Crippen LogP contribution is 2.14. The fourth-order valence-electron chi connectivity index (χ4n) is 2.75. The van der Waals surface area contributed by atoms with Crippen LogP contribution in [0.15, 0.2) is 47.2 Å². The van der Waals surface area contributed by atoms with Gasteiger partial charge in [0.15, 0.2) is 0 Å². The van der Waals surface area contributed by atoms with Crippen molar-refractivity contribution in [2.24, 2.45) is 0 Å². The molecule has 1 aromatic heterocycles. The van der Waals surface area contributed by atoms with Crippen LogP contribution in [-0.2, 0) is 4.79 Å². The zero-order valence-corrected chi connectivity index (χ0v) is 15.2. The van der Waals surface area contributed by atoms with Gasteiger partial charge in [-0.25, -0.2) is 0 Å². The molecule has 2 amide bonds. The van der Waals surface area contributed by atoms with E-state index in [1.807, 2.05) is 33.9 Å². The molecule has 0 bridgehead atoms. The van der Waals surface area contributed by atoms with Gasteiger partial charge < -0.3 is 10.2 Å². The van der Waals surface area contributed by atoms with Crippen LogP contribution in [0.2, 0.25) is 5.02 Å². The summed E-state index contributed by atoms with van der Waals surface area (Å²) in [5, 5.41) is 7.45. The van der Waals surface area contributed by atoms with Gasteiger partial charge in [-0.05, 0) is 48.1 Å². The molecular formula is C19H19ClN2O2S. The summed E-state index contributed by atoms with van der Waals surface area (Å²) in [6.45, 7) is 1.30. The Hall–Kier alpha value is -2.11. The van der Waals surface area contributed by atoms with Crippen molar-refractivity contribution in [2.75, 3.05) is 13.1 Å². The molecular weight excluding hydrogens is 356 g/mol. The number of nitrogens with zero attached hydrogens (tertiary/aromatic N) is 1. The topological polar surface area (TPSA) is 49.4 Å². The van der Waals surface area contributed by atoms with E-state index in [2.05, 4.69) is 5.32 Å². The summed E-state index contributed by atoms with van der Waals surface area (Å²) < 4.78 is 0. The van der Waals surface area contributed by atoms with Gasteiger partial charge in [-0.2, -0.15) is 11.3 Å². The monoisotopic (exact) mass is 374 g/mol. The van der Waals surface area contributed by atoms with Gasteiger partial charge in [0.1, 0.15) is 0 Å². The lowest BCUT2D eigenvalue weighted by atomic mass is 10.0. The van der Waals surface area contributed by atoms with Crippen LogP contribution >= 0.6 is 22.9 Å². The maximum absolute atomic E-state index is 12.3. The molecule has 1 aliphatic rings. The van der Waals surface area contributed by atoms with Crippen molar-refractivity contribution < 1.29 is 9.59 Å². The molecule has 0 unspecified atom stereocenters. The van der Waals surface area contributed by atoms with Crippen LogP contribution in [0.25, 0.3) is 6.08 Å². The van der Waals surface area contributed by atoms with Gasteiger partial charge in [0.25, 0.3) is 5.91 Å². The van der Waals surface area contributed by atoms with Gasteiger partial charge in [0.05, 0.1) is 0 Å². The first-order valence-corrected chi connectivity index (χ1v) is 9.49. The highest BCUT2D eigenvalue weighted by atomic mass is 35.5. The number of halogens is 1. The molecule has 0 atom stereocenters. The predicted molar refractivity (Wildman–Crippen MR) is 102 cm³/mol. The third-order valence-corrected chi connectivity index (χ3v) is 5.15. The van der Waals surface area contributed by atoms with Crippen molar-refractivity contribution in [2.45, 2.75) is 18.9 Å². The van der Waals surface area contributed by atoms with Gasteiger partial charge in [-0.3, -0.25) is 9.59 Å². The van der Waals surface area contributed by atoms with Gasteiger partial charge in [-0.15, -0.1) is 0 Å². The average molecular weight is 375 g/mol. The minimum absolute atomic E-state index is 0.00226. The Bertz CT molecular complexity index is 748. The van der Waals surface area contributed by atoms with E-state index in [1.54, 1.807) is 24.3 Å². The molecule has 2 aromatic rings. The van der Waals surface area contributed by atoms with Gasteiger partial charge >= 0.3 is 0 Å². The fraction of sp³-hybridized carbons (Fsp3) is 0.263. The van der Waals surface area contributed by atoms with Crippen LogP contribution in [0.4, 0.5) is 0 Å². The predicted octanol–water partition coefficient (Wildman–Crippen LogP) is 3.84.